The lowest BCUT2D eigenvalue weighted by Gasteiger charge is -2.33. The Hall–Kier alpha value is -0.260. The molecule has 0 nitrogen and oxygen atoms in total. The van der Waals surface area contributed by atoms with E-state index in [4.69, 9.17) is 0 Å². The van der Waals surface area contributed by atoms with Gasteiger partial charge in [0.1, 0.15) is 0 Å². The van der Waals surface area contributed by atoms with Crippen LogP contribution in [0.2, 0.25) is 0 Å². The Labute approximate surface area is 88.8 Å². The van der Waals surface area contributed by atoms with Gasteiger partial charge in [0.15, 0.2) is 0 Å². The van der Waals surface area contributed by atoms with E-state index in [1.165, 1.54) is 44.9 Å². The van der Waals surface area contributed by atoms with Gasteiger partial charge in [0.05, 0.1) is 0 Å². The zero-order valence-electron chi connectivity index (χ0n) is 9.76. The van der Waals surface area contributed by atoms with Gasteiger partial charge in [-0.1, -0.05) is 45.3 Å². The van der Waals surface area contributed by atoms with Crippen LogP contribution in [0.25, 0.3) is 0 Å². The molecule has 0 heterocycles. The van der Waals surface area contributed by atoms with Crippen LogP contribution in [0.5, 0.6) is 0 Å². The maximum Gasteiger partial charge on any atom is -0.00842 e. The van der Waals surface area contributed by atoms with Crippen molar-refractivity contribution in [3.63, 3.8) is 0 Å². The molecule has 0 amide bonds. The molecule has 0 aromatic rings. The third-order valence-electron chi connectivity index (χ3n) is 4.54. The lowest BCUT2D eigenvalue weighted by Crippen LogP contribution is -2.24. The summed E-state index contributed by atoms with van der Waals surface area (Å²) in [5.41, 5.74) is 0.647. The Balaban J connectivity index is 2.00. The predicted octanol–water partition coefficient (Wildman–Crippen LogP) is 4.56. The summed E-state index contributed by atoms with van der Waals surface area (Å²) in [7, 11) is 0. The van der Waals surface area contributed by atoms with E-state index < -0.39 is 0 Å². The minimum Gasteiger partial charge on any atom is -0.0848 e. The molecule has 0 aliphatic heterocycles. The van der Waals surface area contributed by atoms with Crippen molar-refractivity contribution in [2.45, 2.75) is 58.8 Å². The molecule has 0 radical (unpaired) electrons. The van der Waals surface area contributed by atoms with Crippen molar-refractivity contribution < 1.29 is 0 Å². The van der Waals surface area contributed by atoms with Crippen molar-refractivity contribution >= 4 is 0 Å². The molecular formula is C14H24. The summed E-state index contributed by atoms with van der Waals surface area (Å²) in [5.74, 6) is 1.93. The highest BCUT2D eigenvalue weighted by molar-refractivity contribution is 5.17. The van der Waals surface area contributed by atoms with Crippen LogP contribution < -0.4 is 0 Å². The summed E-state index contributed by atoms with van der Waals surface area (Å²) in [5, 5.41) is 0. The first-order chi connectivity index (χ1) is 6.80. The van der Waals surface area contributed by atoms with Crippen molar-refractivity contribution in [2.24, 2.45) is 17.3 Å². The molecule has 2 rings (SSSR count). The van der Waals surface area contributed by atoms with Crippen LogP contribution in [0.4, 0.5) is 0 Å². The SMILES string of the molecule is CCCCC(CC)C12C=CC(CC1)C2. The van der Waals surface area contributed by atoms with E-state index in [-0.39, 0.29) is 0 Å². The van der Waals surface area contributed by atoms with Gasteiger partial charge in [0.2, 0.25) is 0 Å². The zero-order chi connectivity index (χ0) is 10.0. The van der Waals surface area contributed by atoms with Crippen LogP contribution in [0, 0.1) is 17.3 Å². The fourth-order valence-corrected chi connectivity index (χ4v) is 3.65. The lowest BCUT2D eigenvalue weighted by atomic mass is 9.71. The van der Waals surface area contributed by atoms with E-state index in [9.17, 15) is 0 Å². The second-order valence-corrected chi connectivity index (χ2v) is 5.34. The summed E-state index contributed by atoms with van der Waals surface area (Å²) in [6, 6.07) is 0. The third-order valence-corrected chi connectivity index (χ3v) is 4.54. The molecule has 3 unspecified atom stereocenters. The Morgan fingerprint density at radius 1 is 1.43 bits per heavy atom. The first-order valence-corrected chi connectivity index (χ1v) is 6.50. The van der Waals surface area contributed by atoms with Crippen molar-refractivity contribution in [3.8, 4) is 0 Å². The second-order valence-electron chi connectivity index (χ2n) is 5.34. The smallest absolute Gasteiger partial charge is 0.00842 e. The van der Waals surface area contributed by atoms with E-state index in [0.717, 1.165) is 11.8 Å². The number of unbranched alkanes of at least 4 members (excludes halogenated alkanes) is 1. The molecule has 0 aromatic carbocycles. The molecule has 0 aromatic heterocycles. The number of allylic oxidation sites excluding steroid dienone is 2. The van der Waals surface area contributed by atoms with Gasteiger partial charge in [0.25, 0.3) is 0 Å². The highest BCUT2D eigenvalue weighted by Gasteiger charge is 2.44. The summed E-state index contributed by atoms with van der Waals surface area (Å²) in [4.78, 5) is 0. The molecule has 0 spiro atoms. The third kappa shape index (κ3) is 1.64. The fraction of sp³-hybridized carbons (Fsp3) is 0.857. The maximum absolute atomic E-state index is 2.57. The van der Waals surface area contributed by atoms with Gasteiger partial charge in [0, 0.05) is 0 Å². The molecule has 2 aliphatic rings. The monoisotopic (exact) mass is 192 g/mol. The second kappa shape index (κ2) is 4.08. The van der Waals surface area contributed by atoms with Crippen molar-refractivity contribution in [2.75, 3.05) is 0 Å². The minimum atomic E-state index is 0.647. The van der Waals surface area contributed by atoms with Gasteiger partial charge in [-0.2, -0.15) is 0 Å². The Bertz CT molecular complexity index is 216. The van der Waals surface area contributed by atoms with Crippen molar-refractivity contribution in [3.05, 3.63) is 12.2 Å². The molecule has 0 heteroatoms. The zero-order valence-corrected chi connectivity index (χ0v) is 9.76. The average molecular weight is 192 g/mol. The quantitative estimate of drug-likeness (QED) is 0.560. The van der Waals surface area contributed by atoms with Gasteiger partial charge < -0.3 is 0 Å². The molecule has 1 fully saturated rings. The molecule has 2 aliphatic carbocycles. The topological polar surface area (TPSA) is 0 Å². The van der Waals surface area contributed by atoms with Gasteiger partial charge in [-0.25, -0.2) is 0 Å². The lowest BCUT2D eigenvalue weighted by molar-refractivity contribution is 0.213. The molecule has 14 heavy (non-hydrogen) atoms. The molecule has 1 saturated carbocycles. The largest absolute Gasteiger partial charge is 0.0848 e. The first kappa shape index (κ1) is 10.3. The van der Waals surface area contributed by atoms with Gasteiger partial charge in [-0.05, 0) is 42.9 Å². The minimum absolute atomic E-state index is 0.647. The van der Waals surface area contributed by atoms with Gasteiger partial charge >= 0.3 is 0 Å². The van der Waals surface area contributed by atoms with Gasteiger partial charge in [-0.3, -0.25) is 0 Å². The number of hydrogen-bond donors (Lipinski definition) is 0. The summed E-state index contributed by atoms with van der Waals surface area (Å²) < 4.78 is 0. The Morgan fingerprint density at radius 3 is 2.71 bits per heavy atom. The molecule has 0 N–H and O–H groups in total. The molecule has 3 atom stereocenters. The van der Waals surface area contributed by atoms with E-state index in [1.807, 2.05) is 0 Å². The maximum atomic E-state index is 2.57. The molecule has 2 bridgehead atoms. The summed E-state index contributed by atoms with van der Waals surface area (Å²) >= 11 is 0. The van der Waals surface area contributed by atoms with E-state index in [2.05, 4.69) is 26.0 Å². The summed E-state index contributed by atoms with van der Waals surface area (Å²) in [6.45, 7) is 4.70. The number of hydrogen-bond acceptors (Lipinski definition) is 0. The van der Waals surface area contributed by atoms with Crippen LogP contribution in [0.15, 0.2) is 12.2 Å². The van der Waals surface area contributed by atoms with E-state index in [0.29, 0.717) is 5.41 Å². The highest BCUT2D eigenvalue weighted by atomic mass is 14.5. The van der Waals surface area contributed by atoms with E-state index in [1.54, 1.807) is 0 Å². The first-order valence-electron chi connectivity index (χ1n) is 6.50. The standard InChI is InChI=1S/C14H24/c1-3-5-6-13(4-2)14-9-7-12(11-14)8-10-14/h7,9,12-13H,3-6,8,10-11H2,1-2H3. The average Bonchev–Trinajstić information content (AvgIpc) is 2.79. The summed E-state index contributed by atoms with van der Waals surface area (Å²) in [6.07, 6.45) is 15.1. The number of fused-ring (bicyclic) bond motifs is 2. The van der Waals surface area contributed by atoms with Gasteiger partial charge in [-0.15, -0.1) is 0 Å². The van der Waals surface area contributed by atoms with E-state index >= 15 is 0 Å². The Morgan fingerprint density at radius 2 is 2.29 bits per heavy atom. The molecule has 80 valence electrons. The van der Waals surface area contributed by atoms with Crippen LogP contribution >= 0.6 is 0 Å². The van der Waals surface area contributed by atoms with Crippen molar-refractivity contribution in [1.29, 1.82) is 0 Å². The molecule has 0 saturated heterocycles. The highest BCUT2D eigenvalue weighted by Crippen LogP contribution is 2.55. The predicted molar refractivity (Wildman–Crippen MR) is 62.2 cm³/mol. The van der Waals surface area contributed by atoms with Crippen LogP contribution in [0.3, 0.4) is 0 Å². The van der Waals surface area contributed by atoms with Crippen LogP contribution in [0.1, 0.15) is 58.8 Å². The fourth-order valence-electron chi connectivity index (χ4n) is 3.65. The number of rotatable bonds is 5. The molecular weight excluding hydrogens is 168 g/mol. The van der Waals surface area contributed by atoms with Crippen molar-refractivity contribution in [1.82, 2.24) is 0 Å². The Kier molecular flexibility index (Phi) is 2.99. The normalized spacial score (nSPS) is 36.6. The van der Waals surface area contributed by atoms with Crippen LogP contribution in [-0.4, -0.2) is 0 Å². The van der Waals surface area contributed by atoms with Crippen LogP contribution in [-0.2, 0) is 0 Å².